The molecule has 0 aliphatic heterocycles. The average Bonchev–Trinajstić information content (AvgIpc) is 3.41. The summed E-state index contributed by atoms with van der Waals surface area (Å²) >= 11 is 0. The zero-order chi connectivity index (χ0) is 31.9. The number of ether oxygens (including phenoxy) is 2. The molecule has 10 atom stereocenters. The number of aliphatic hydroxyl groups is 1. The van der Waals surface area contributed by atoms with E-state index in [1.807, 2.05) is 19.1 Å². The van der Waals surface area contributed by atoms with Crippen molar-refractivity contribution in [3.63, 3.8) is 0 Å². The van der Waals surface area contributed by atoms with E-state index in [0.717, 1.165) is 12.8 Å². The monoisotopic (exact) mass is 604 g/mol. The van der Waals surface area contributed by atoms with Crippen molar-refractivity contribution in [1.82, 2.24) is 0 Å². The van der Waals surface area contributed by atoms with Gasteiger partial charge in [0.15, 0.2) is 0 Å². The number of esters is 2. The minimum Gasteiger partial charge on any atom is -0.465 e. The van der Waals surface area contributed by atoms with Crippen LogP contribution in [-0.2, 0) is 14.3 Å². The second-order valence-corrected chi connectivity index (χ2v) is 17.0. The fourth-order valence-corrected chi connectivity index (χ4v) is 12.7. The molecule has 4 fully saturated rings. The van der Waals surface area contributed by atoms with E-state index >= 15 is 0 Å². The Morgan fingerprint density at radius 2 is 1.59 bits per heavy atom. The summed E-state index contributed by atoms with van der Waals surface area (Å²) in [6.07, 6.45) is 13.4. The predicted octanol–water partition coefficient (Wildman–Crippen LogP) is 8.49. The molecule has 0 aromatic heterocycles. The summed E-state index contributed by atoms with van der Waals surface area (Å²) in [5.41, 5.74) is 3.02. The Morgan fingerprint density at radius 1 is 0.909 bits per heavy atom. The van der Waals surface area contributed by atoms with E-state index in [0.29, 0.717) is 35.2 Å². The van der Waals surface area contributed by atoms with Gasteiger partial charge in [-0.05, 0) is 145 Å². The van der Waals surface area contributed by atoms with Crippen LogP contribution in [0.15, 0.2) is 30.3 Å². The second-order valence-electron chi connectivity index (χ2n) is 17.0. The molecule has 0 saturated heterocycles. The van der Waals surface area contributed by atoms with Gasteiger partial charge in [-0.25, -0.2) is 4.79 Å². The molecule has 5 nitrogen and oxygen atoms in total. The highest BCUT2D eigenvalue weighted by atomic mass is 16.5. The number of carbonyl (C=O) groups excluding carboxylic acids is 2. The lowest BCUT2D eigenvalue weighted by molar-refractivity contribution is -0.223. The van der Waals surface area contributed by atoms with Gasteiger partial charge >= 0.3 is 11.9 Å². The highest BCUT2D eigenvalue weighted by Gasteiger charge is 2.69. The van der Waals surface area contributed by atoms with E-state index in [-0.39, 0.29) is 46.1 Å². The van der Waals surface area contributed by atoms with Gasteiger partial charge in [0, 0.05) is 6.92 Å². The first-order valence-electron chi connectivity index (χ1n) is 17.4. The molecule has 6 rings (SSSR count). The molecule has 242 valence electrons. The number of hydrogen-bond donors (Lipinski definition) is 1. The minimum atomic E-state index is -0.978. The first kappa shape index (κ1) is 31.8. The van der Waals surface area contributed by atoms with Gasteiger partial charge in [0.1, 0.15) is 6.61 Å². The van der Waals surface area contributed by atoms with Crippen LogP contribution in [0.2, 0.25) is 0 Å². The maximum absolute atomic E-state index is 12.1. The molecule has 0 amide bonds. The van der Waals surface area contributed by atoms with Crippen LogP contribution < -0.4 is 0 Å². The van der Waals surface area contributed by atoms with Gasteiger partial charge in [0.2, 0.25) is 0 Å². The van der Waals surface area contributed by atoms with Crippen LogP contribution in [0.4, 0.5) is 0 Å². The zero-order valence-corrected chi connectivity index (χ0v) is 28.5. The molecule has 44 heavy (non-hydrogen) atoms. The number of fused-ring (bicyclic) bond motifs is 7. The third-order valence-electron chi connectivity index (χ3n) is 14.9. The summed E-state index contributed by atoms with van der Waals surface area (Å²) in [7, 11) is 1.43. The maximum atomic E-state index is 12.1. The smallest absolute Gasteiger partial charge is 0.337 e. The van der Waals surface area contributed by atoms with E-state index in [1.165, 1.54) is 70.1 Å². The highest BCUT2D eigenvalue weighted by molar-refractivity contribution is 5.89. The number of methoxy groups -OCH3 is 1. The quantitative estimate of drug-likeness (QED) is 0.341. The Labute approximate surface area is 265 Å². The molecule has 4 saturated carbocycles. The summed E-state index contributed by atoms with van der Waals surface area (Å²) < 4.78 is 10.3. The first-order chi connectivity index (χ1) is 20.6. The Balaban J connectivity index is 1.30. The lowest BCUT2D eigenvalue weighted by Gasteiger charge is -2.71. The number of allylic oxidation sites excluding steroid dienone is 2. The average molecular weight is 605 g/mol. The van der Waals surface area contributed by atoms with Crippen molar-refractivity contribution in [2.75, 3.05) is 13.7 Å². The Morgan fingerprint density at radius 3 is 2.25 bits per heavy atom. The maximum Gasteiger partial charge on any atom is 0.337 e. The fraction of sp³-hybridized carbons (Fsp3) is 0.744. The van der Waals surface area contributed by atoms with E-state index in [2.05, 4.69) is 52.8 Å². The van der Waals surface area contributed by atoms with Crippen LogP contribution in [0.1, 0.15) is 122 Å². The zero-order valence-electron chi connectivity index (χ0n) is 28.5. The van der Waals surface area contributed by atoms with Crippen LogP contribution in [0, 0.1) is 57.2 Å². The fourth-order valence-electron chi connectivity index (χ4n) is 12.7. The Kier molecular flexibility index (Phi) is 7.75. The lowest BCUT2D eigenvalue weighted by Crippen LogP contribution is -2.65. The van der Waals surface area contributed by atoms with Crippen molar-refractivity contribution in [2.24, 2.45) is 57.2 Å². The largest absolute Gasteiger partial charge is 0.465 e. The van der Waals surface area contributed by atoms with Crippen molar-refractivity contribution >= 4 is 17.5 Å². The number of hydrogen-bond acceptors (Lipinski definition) is 5. The van der Waals surface area contributed by atoms with Gasteiger partial charge in [-0.2, -0.15) is 0 Å². The predicted molar refractivity (Wildman–Crippen MR) is 174 cm³/mol. The number of benzene rings is 1. The van der Waals surface area contributed by atoms with Gasteiger partial charge in [0.05, 0.1) is 18.3 Å². The summed E-state index contributed by atoms with van der Waals surface area (Å²) in [5, 5.41) is 11.7. The molecule has 0 bridgehead atoms. The molecule has 5 aliphatic rings. The standard InChI is InChI=1S/C39H56O5/c1-24(40)44-23-39(7,42)30-14-13-26-17-21-37(5)29(33(26)30)15-16-32-36(4)20-18-28(25-9-11-27(12-10-25)34(41)43-8)35(2,3)31(36)19-22-38(32,37)6/h9-12,18,26,29-33,42H,13-17,19-23H2,1-8H3. The summed E-state index contributed by atoms with van der Waals surface area (Å²) in [4.78, 5) is 23.7. The molecule has 5 heteroatoms. The molecule has 1 aromatic carbocycles. The van der Waals surface area contributed by atoms with Crippen molar-refractivity contribution in [3.05, 3.63) is 41.5 Å². The lowest BCUT2D eigenvalue weighted by atomic mass is 9.33. The van der Waals surface area contributed by atoms with Crippen LogP contribution in [-0.4, -0.2) is 36.4 Å². The van der Waals surface area contributed by atoms with Crippen LogP contribution >= 0.6 is 0 Å². The third kappa shape index (κ3) is 4.56. The van der Waals surface area contributed by atoms with E-state index in [9.17, 15) is 14.7 Å². The Hall–Kier alpha value is -2.14. The number of rotatable bonds is 5. The minimum absolute atomic E-state index is 0.0302. The van der Waals surface area contributed by atoms with Gasteiger partial charge in [-0.3, -0.25) is 4.79 Å². The molecular weight excluding hydrogens is 548 g/mol. The molecule has 0 radical (unpaired) electrons. The molecule has 5 aliphatic carbocycles. The van der Waals surface area contributed by atoms with Gasteiger partial charge < -0.3 is 14.6 Å². The van der Waals surface area contributed by atoms with Crippen molar-refractivity contribution in [1.29, 1.82) is 0 Å². The summed E-state index contributed by atoms with van der Waals surface area (Å²) in [5.74, 6) is 2.63. The molecule has 0 spiro atoms. The van der Waals surface area contributed by atoms with Crippen molar-refractivity contribution in [2.45, 2.75) is 112 Å². The van der Waals surface area contributed by atoms with E-state index < -0.39 is 5.60 Å². The molecule has 10 unspecified atom stereocenters. The second kappa shape index (κ2) is 10.7. The van der Waals surface area contributed by atoms with Crippen LogP contribution in [0.25, 0.3) is 5.57 Å². The van der Waals surface area contributed by atoms with Gasteiger partial charge in [-0.15, -0.1) is 0 Å². The molecule has 0 heterocycles. The van der Waals surface area contributed by atoms with E-state index in [4.69, 9.17) is 9.47 Å². The normalized spacial score (nSPS) is 42.0. The first-order valence-corrected chi connectivity index (χ1v) is 17.4. The summed E-state index contributed by atoms with van der Waals surface area (Å²) in [6, 6.07) is 8.02. The van der Waals surface area contributed by atoms with Gasteiger partial charge in [0.25, 0.3) is 0 Å². The topological polar surface area (TPSA) is 72.8 Å². The van der Waals surface area contributed by atoms with Crippen LogP contribution in [0.3, 0.4) is 0 Å². The van der Waals surface area contributed by atoms with Crippen molar-refractivity contribution in [3.8, 4) is 0 Å². The van der Waals surface area contributed by atoms with Crippen LogP contribution in [0.5, 0.6) is 0 Å². The molecule has 1 aromatic rings. The van der Waals surface area contributed by atoms with Crippen molar-refractivity contribution < 1.29 is 24.2 Å². The highest BCUT2D eigenvalue weighted by Crippen LogP contribution is 2.76. The third-order valence-corrected chi connectivity index (χ3v) is 14.9. The molecule has 1 N–H and O–H groups in total. The van der Waals surface area contributed by atoms with Gasteiger partial charge in [-0.1, -0.05) is 52.8 Å². The Bertz CT molecular complexity index is 1320. The number of carbonyl (C=O) groups is 2. The molecular formula is C39H56O5. The van der Waals surface area contributed by atoms with E-state index in [1.54, 1.807) is 0 Å². The summed E-state index contributed by atoms with van der Waals surface area (Å²) in [6.45, 7) is 16.3. The SMILES string of the molecule is COC(=O)c1ccc(C2=CCC3(C)C(CCC4(C)C3CCC3C5C(CCC5C(C)(O)COC(C)=O)CCC34C)C2(C)C)cc1.